The summed E-state index contributed by atoms with van der Waals surface area (Å²) >= 11 is 0. The van der Waals surface area contributed by atoms with Crippen LogP contribution in [0.1, 0.15) is 5.56 Å². The molecule has 1 aromatic rings. The van der Waals surface area contributed by atoms with Crippen LogP contribution in [-0.4, -0.2) is 26.2 Å². The van der Waals surface area contributed by atoms with E-state index >= 15 is 0 Å². The lowest BCUT2D eigenvalue weighted by atomic mass is 10.1. The average molecular weight is 178 g/mol. The third-order valence-corrected chi connectivity index (χ3v) is 1.99. The fourth-order valence-corrected chi connectivity index (χ4v) is 1.34. The summed E-state index contributed by atoms with van der Waals surface area (Å²) in [5.74, 6) is 0.292. The molecule has 0 atom stereocenters. The first-order valence-electron chi connectivity index (χ1n) is 4.23. The lowest BCUT2D eigenvalue weighted by Gasteiger charge is -2.25. The summed E-state index contributed by atoms with van der Waals surface area (Å²) < 4.78 is 0.676. The van der Waals surface area contributed by atoms with Crippen molar-refractivity contribution in [2.45, 2.75) is 0 Å². The van der Waals surface area contributed by atoms with E-state index in [4.69, 9.17) is 0 Å². The lowest BCUT2D eigenvalue weighted by Crippen LogP contribution is -2.35. The smallest absolute Gasteiger partial charge is 0.143 e. The van der Waals surface area contributed by atoms with E-state index in [9.17, 15) is 5.11 Å². The van der Waals surface area contributed by atoms with Crippen molar-refractivity contribution in [3.63, 3.8) is 0 Å². The van der Waals surface area contributed by atoms with Crippen molar-refractivity contribution in [3.8, 4) is 5.75 Å². The number of aromatic hydroxyl groups is 1. The Morgan fingerprint density at radius 3 is 2.31 bits per heavy atom. The molecule has 0 fully saturated rings. The predicted molar refractivity (Wildman–Crippen MR) is 57.8 cm³/mol. The highest BCUT2D eigenvalue weighted by Crippen LogP contribution is 2.30. The molecule has 70 valence electrons. The van der Waals surface area contributed by atoms with Crippen molar-refractivity contribution < 1.29 is 5.11 Å². The average Bonchev–Trinajstić information content (AvgIpc) is 2.02. The van der Waals surface area contributed by atoms with Crippen molar-refractivity contribution in [3.05, 3.63) is 30.3 Å². The zero-order valence-electron chi connectivity index (χ0n) is 8.41. The summed E-state index contributed by atoms with van der Waals surface area (Å²) in [4.78, 5) is 0. The number of nitrogens with zero attached hydrogens (tertiary/aromatic N) is 1. The van der Waals surface area contributed by atoms with Crippen molar-refractivity contribution in [2.75, 3.05) is 21.1 Å². The quantitative estimate of drug-likeness (QED) is 0.688. The van der Waals surface area contributed by atoms with Crippen LogP contribution in [0.3, 0.4) is 0 Å². The molecule has 0 aliphatic rings. The Hall–Kier alpha value is -1.28. The molecule has 0 bridgehead atoms. The van der Waals surface area contributed by atoms with Crippen LogP contribution in [0.2, 0.25) is 0 Å². The molecule has 0 amide bonds. The standard InChI is InChI=1S/C11H15NO/c1-5-9-10(12(2,3)4)7-6-8-11(9)13/h5-8H,1H2,2-4H3/p+1. The molecule has 0 saturated heterocycles. The molecule has 2 nitrogen and oxygen atoms in total. The number of benzene rings is 1. The number of quaternary nitrogens is 1. The van der Waals surface area contributed by atoms with Crippen LogP contribution >= 0.6 is 0 Å². The van der Waals surface area contributed by atoms with Gasteiger partial charge in [0.25, 0.3) is 0 Å². The maximum atomic E-state index is 9.57. The van der Waals surface area contributed by atoms with Gasteiger partial charge in [-0.25, -0.2) is 0 Å². The minimum Gasteiger partial charge on any atom is -0.507 e. The summed E-state index contributed by atoms with van der Waals surface area (Å²) in [6, 6.07) is 5.52. The fraction of sp³-hybridized carbons (Fsp3) is 0.273. The van der Waals surface area contributed by atoms with Crippen molar-refractivity contribution in [2.24, 2.45) is 0 Å². The largest absolute Gasteiger partial charge is 0.507 e. The van der Waals surface area contributed by atoms with Crippen LogP contribution in [0.25, 0.3) is 6.08 Å². The topological polar surface area (TPSA) is 20.2 Å². The van der Waals surface area contributed by atoms with Gasteiger partial charge in [-0.1, -0.05) is 18.7 Å². The van der Waals surface area contributed by atoms with Crippen LogP contribution in [0, 0.1) is 0 Å². The number of hydrogen-bond donors (Lipinski definition) is 1. The van der Waals surface area contributed by atoms with E-state index < -0.39 is 0 Å². The molecule has 1 aromatic carbocycles. The van der Waals surface area contributed by atoms with Gasteiger partial charge in [0.2, 0.25) is 0 Å². The highest BCUT2D eigenvalue weighted by atomic mass is 16.3. The Kier molecular flexibility index (Phi) is 2.43. The summed E-state index contributed by atoms with van der Waals surface area (Å²) in [5, 5.41) is 9.57. The molecular weight excluding hydrogens is 162 g/mol. The maximum absolute atomic E-state index is 9.57. The van der Waals surface area contributed by atoms with Crippen molar-refractivity contribution in [1.82, 2.24) is 4.48 Å². The molecule has 0 radical (unpaired) electrons. The molecular formula is C11H16NO+. The van der Waals surface area contributed by atoms with Crippen LogP contribution in [0.15, 0.2) is 24.8 Å². The Balaban J connectivity index is 3.37. The third-order valence-electron chi connectivity index (χ3n) is 1.99. The van der Waals surface area contributed by atoms with Gasteiger partial charge in [-0.05, 0) is 12.1 Å². The first-order valence-corrected chi connectivity index (χ1v) is 4.23. The molecule has 1 rings (SSSR count). The summed E-state index contributed by atoms with van der Waals surface area (Å²) in [7, 11) is 6.17. The normalized spacial score (nSPS) is 11.3. The molecule has 0 aliphatic carbocycles. The van der Waals surface area contributed by atoms with Crippen LogP contribution in [0.5, 0.6) is 5.75 Å². The molecule has 0 saturated carbocycles. The minimum absolute atomic E-state index is 0.292. The second kappa shape index (κ2) is 3.23. The van der Waals surface area contributed by atoms with Gasteiger partial charge in [-0.2, -0.15) is 0 Å². The summed E-state index contributed by atoms with van der Waals surface area (Å²) in [5.41, 5.74) is 1.88. The molecule has 13 heavy (non-hydrogen) atoms. The lowest BCUT2D eigenvalue weighted by molar-refractivity contribution is 0.458. The Morgan fingerprint density at radius 2 is 1.92 bits per heavy atom. The van der Waals surface area contributed by atoms with E-state index in [1.54, 1.807) is 12.1 Å². The van der Waals surface area contributed by atoms with Gasteiger partial charge in [-0.3, -0.25) is 4.48 Å². The number of phenols is 1. The molecule has 0 heterocycles. The molecule has 0 aromatic heterocycles. The Morgan fingerprint density at radius 1 is 1.31 bits per heavy atom. The van der Waals surface area contributed by atoms with E-state index in [1.807, 2.05) is 12.1 Å². The number of phenolic OH excluding ortho intramolecular Hbond substituents is 1. The Bertz CT molecular complexity index is 323. The van der Waals surface area contributed by atoms with Gasteiger partial charge in [0, 0.05) is 0 Å². The number of rotatable bonds is 2. The fourth-order valence-electron chi connectivity index (χ4n) is 1.34. The zero-order valence-corrected chi connectivity index (χ0v) is 8.41. The van der Waals surface area contributed by atoms with Gasteiger partial charge >= 0.3 is 0 Å². The van der Waals surface area contributed by atoms with Crippen LogP contribution < -0.4 is 4.48 Å². The predicted octanol–water partition coefficient (Wildman–Crippen LogP) is 2.23. The van der Waals surface area contributed by atoms with E-state index in [0.717, 1.165) is 11.3 Å². The monoisotopic (exact) mass is 178 g/mol. The first-order chi connectivity index (χ1) is 5.96. The van der Waals surface area contributed by atoms with E-state index in [-0.39, 0.29) is 0 Å². The van der Waals surface area contributed by atoms with Gasteiger partial charge < -0.3 is 5.11 Å². The summed E-state index contributed by atoms with van der Waals surface area (Å²) in [6.07, 6.45) is 1.69. The molecule has 0 unspecified atom stereocenters. The zero-order chi connectivity index (χ0) is 10.1. The molecule has 0 aliphatic heterocycles. The van der Waals surface area contributed by atoms with E-state index in [2.05, 4.69) is 27.7 Å². The second-order valence-corrected chi connectivity index (χ2v) is 3.93. The minimum atomic E-state index is 0.292. The molecule has 0 spiro atoms. The SMILES string of the molecule is C=Cc1c(O)cccc1[N+](C)(C)C. The van der Waals surface area contributed by atoms with Gasteiger partial charge in [0.15, 0.2) is 0 Å². The Labute approximate surface area is 79.3 Å². The summed E-state index contributed by atoms with van der Waals surface area (Å²) in [6.45, 7) is 3.70. The van der Waals surface area contributed by atoms with Gasteiger partial charge in [-0.15, -0.1) is 0 Å². The van der Waals surface area contributed by atoms with Crippen molar-refractivity contribution >= 4 is 11.8 Å². The van der Waals surface area contributed by atoms with Crippen LogP contribution in [-0.2, 0) is 0 Å². The first kappa shape index (κ1) is 9.81. The highest BCUT2D eigenvalue weighted by molar-refractivity contribution is 5.69. The second-order valence-electron chi connectivity index (χ2n) is 3.93. The molecule has 2 heteroatoms. The van der Waals surface area contributed by atoms with Crippen molar-refractivity contribution in [1.29, 1.82) is 0 Å². The maximum Gasteiger partial charge on any atom is 0.143 e. The molecule has 1 N–H and O–H groups in total. The van der Waals surface area contributed by atoms with E-state index in [0.29, 0.717) is 10.2 Å². The van der Waals surface area contributed by atoms with Crippen LogP contribution in [0.4, 0.5) is 5.69 Å². The number of hydrogen-bond acceptors (Lipinski definition) is 1. The third kappa shape index (κ3) is 1.90. The van der Waals surface area contributed by atoms with Gasteiger partial charge in [0.05, 0.1) is 26.7 Å². The highest BCUT2D eigenvalue weighted by Gasteiger charge is 2.17. The van der Waals surface area contributed by atoms with Gasteiger partial charge in [0.1, 0.15) is 11.4 Å². The van der Waals surface area contributed by atoms with E-state index in [1.165, 1.54) is 0 Å².